The highest BCUT2D eigenvalue weighted by Gasteiger charge is 2.62. The van der Waals surface area contributed by atoms with Crippen molar-refractivity contribution in [2.45, 2.75) is 77.7 Å². The van der Waals surface area contributed by atoms with Gasteiger partial charge in [0.2, 0.25) is 0 Å². The van der Waals surface area contributed by atoms with Crippen molar-refractivity contribution in [2.75, 3.05) is 13.1 Å². The normalized spacial score (nSPS) is 49.6. The summed E-state index contributed by atoms with van der Waals surface area (Å²) in [7, 11) is 0. The first kappa shape index (κ1) is 18.8. The molecule has 5 aliphatic rings. The first-order valence-electron chi connectivity index (χ1n) is 11.4. The maximum Gasteiger partial charge on any atom is 0.141 e. The van der Waals surface area contributed by atoms with Crippen molar-refractivity contribution in [2.24, 2.45) is 39.7 Å². The predicted molar refractivity (Wildman–Crippen MR) is 107 cm³/mol. The summed E-state index contributed by atoms with van der Waals surface area (Å²) in [6, 6.07) is 0. The molecular formula is C23H34N2O3. The Morgan fingerprint density at radius 1 is 1.04 bits per heavy atom. The summed E-state index contributed by atoms with van der Waals surface area (Å²) in [5.74, 6) is 2.38. The standard InChI is InChI=1S/C23H34N2O3/c1-22-8-5-14(25-28-15-7-10-24-13-15)11-19(22)20(26)12-16-17-3-4-21(27)23(17,2)9-6-18(16)22/h15-19,24H,3-13H2,1-2H3/t15-,16+,17+,18+,19-,22-,23+/m1/s1. The Labute approximate surface area is 168 Å². The fourth-order valence-electron chi connectivity index (χ4n) is 7.57. The van der Waals surface area contributed by atoms with E-state index in [-0.39, 0.29) is 22.9 Å². The Balaban J connectivity index is 1.35. The first-order valence-corrected chi connectivity index (χ1v) is 11.4. The van der Waals surface area contributed by atoms with E-state index < -0.39 is 0 Å². The molecule has 1 saturated heterocycles. The van der Waals surface area contributed by atoms with E-state index in [0.29, 0.717) is 35.7 Å². The number of oxime groups is 1. The third-order valence-electron chi connectivity index (χ3n) is 9.35. The van der Waals surface area contributed by atoms with Crippen molar-refractivity contribution in [1.82, 2.24) is 5.32 Å². The zero-order valence-corrected chi connectivity index (χ0v) is 17.3. The van der Waals surface area contributed by atoms with Gasteiger partial charge >= 0.3 is 0 Å². The number of ketones is 2. The van der Waals surface area contributed by atoms with Gasteiger partial charge in [0.1, 0.15) is 17.7 Å². The minimum Gasteiger partial charge on any atom is -0.391 e. The fourth-order valence-corrected chi connectivity index (χ4v) is 7.57. The van der Waals surface area contributed by atoms with E-state index in [0.717, 1.165) is 70.2 Å². The molecule has 0 aromatic rings. The summed E-state index contributed by atoms with van der Waals surface area (Å²) in [4.78, 5) is 31.6. The van der Waals surface area contributed by atoms with Crippen molar-refractivity contribution in [3.8, 4) is 0 Å². The van der Waals surface area contributed by atoms with E-state index in [2.05, 4.69) is 24.3 Å². The second kappa shape index (κ2) is 6.65. The first-order chi connectivity index (χ1) is 13.4. The Hall–Kier alpha value is -1.23. The molecule has 5 nitrogen and oxygen atoms in total. The van der Waals surface area contributed by atoms with Crippen LogP contribution in [0.2, 0.25) is 0 Å². The van der Waals surface area contributed by atoms with Gasteiger partial charge in [-0.25, -0.2) is 0 Å². The lowest BCUT2D eigenvalue weighted by molar-refractivity contribution is -0.152. The number of carbonyl (C=O) groups excluding carboxylic acids is 2. The van der Waals surface area contributed by atoms with E-state index in [4.69, 9.17) is 4.84 Å². The number of carbonyl (C=O) groups is 2. The topological polar surface area (TPSA) is 67.8 Å². The van der Waals surface area contributed by atoms with Gasteiger partial charge in [0.05, 0.1) is 5.71 Å². The monoisotopic (exact) mass is 386 g/mol. The molecule has 28 heavy (non-hydrogen) atoms. The van der Waals surface area contributed by atoms with E-state index in [1.165, 1.54) is 0 Å². The van der Waals surface area contributed by atoms with Crippen LogP contribution in [0.5, 0.6) is 0 Å². The molecule has 1 N–H and O–H groups in total. The van der Waals surface area contributed by atoms with Crippen LogP contribution < -0.4 is 5.32 Å². The second-order valence-electron chi connectivity index (χ2n) is 10.6. The van der Waals surface area contributed by atoms with E-state index in [9.17, 15) is 9.59 Å². The van der Waals surface area contributed by atoms with E-state index in [1.54, 1.807) is 0 Å². The quantitative estimate of drug-likeness (QED) is 0.738. The van der Waals surface area contributed by atoms with Crippen LogP contribution in [0.4, 0.5) is 0 Å². The fraction of sp³-hybridized carbons (Fsp3) is 0.870. The van der Waals surface area contributed by atoms with Crippen molar-refractivity contribution in [3.63, 3.8) is 0 Å². The number of rotatable bonds is 2. The third kappa shape index (κ3) is 2.72. The van der Waals surface area contributed by atoms with Gasteiger partial charge in [-0.1, -0.05) is 19.0 Å². The highest BCUT2D eigenvalue weighted by molar-refractivity contribution is 5.93. The van der Waals surface area contributed by atoms with Crippen molar-refractivity contribution in [3.05, 3.63) is 0 Å². The van der Waals surface area contributed by atoms with Gasteiger partial charge in [0.25, 0.3) is 0 Å². The predicted octanol–water partition coefficient (Wildman–Crippen LogP) is 3.51. The lowest BCUT2D eigenvalue weighted by Crippen LogP contribution is -2.56. The zero-order valence-electron chi connectivity index (χ0n) is 17.3. The summed E-state index contributed by atoms with van der Waals surface area (Å²) in [6.07, 6.45) is 8.50. The van der Waals surface area contributed by atoms with Crippen molar-refractivity contribution in [1.29, 1.82) is 0 Å². The molecule has 1 heterocycles. The SMILES string of the molecule is C[C@]12CCC(=NO[C@@H]3CCNC3)C[C@@H]1C(=O)C[C@@H]1[C@@H]2CC[C@]2(C)C(=O)CC[C@@H]12. The summed E-state index contributed by atoms with van der Waals surface area (Å²) in [5, 5.41) is 7.78. The van der Waals surface area contributed by atoms with Crippen LogP contribution in [0, 0.1) is 34.5 Å². The number of Topliss-reactive ketones (excluding diaryl/α,β-unsaturated/α-hetero) is 2. The van der Waals surface area contributed by atoms with Crippen LogP contribution in [0.1, 0.15) is 71.6 Å². The highest BCUT2D eigenvalue weighted by atomic mass is 16.6. The maximum atomic E-state index is 13.3. The molecule has 0 radical (unpaired) electrons. The summed E-state index contributed by atoms with van der Waals surface area (Å²) >= 11 is 0. The van der Waals surface area contributed by atoms with Crippen LogP contribution in [0.15, 0.2) is 5.16 Å². The van der Waals surface area contributed by atoms with Gasteiger partial charge in [0.15, 0.2) is 0 Å². The van der Waals surface area contributed by atoms with Crippen LogP contribution in [0.25, 0.3) is 0 Å². The summed E-state index contributed by atoms with van der Waals surface area (Å²) in [5.41, 5.74) is 0.994. The van der Waals surface area contributed by atoms with Gasteiger partial charge in [-0.05, 0) is 68.2 Å². The lowest BCUT2D eigenvalue weighted by atomic mass is 9.45. The van der Waals surface area contributed by atoms with Crippen LogP contribution in [-0.2, 0) is 14.4 Å². The van der Waals surface area contributed by atoms with Gasteiger partial charge in [0, 0.05) is 37.1 Å². The molecule has 154 valence electrons. The molecule has 7 atom stereocenters. The second-order valence-corrected chi connectivity index (χ2v) is 10.6. The van der Waals surface area contributed by atoms with Crippen LogP contribution in [-0.4, -0.2) is 36.5 Å². The van der Waals surface area contributed by atoms with Crippen molar-refractivity contribution >= 4 is 17.3 Å². The summed E-state index contributed by atoms with van der Waals surface area (Å²) in [6.45, 7) is 6.42. The number of hydrogen-bond donors (Lipinski definition) is 1. The molecule has 0 amide bonds. The van der Waals surface area contributed by atoms with Crippen molar-refractivity contribution < 1.29 is 14.4 Å². The lowest BCUT2D eigenvalue weighted by Gasteiger charge is -2.58. The average Bonchev–Trinajstić information content (AvgIpc) is 3.29. The van der Waals surface area contributed by atoms with Gasteiger partial charge in [-0.3, -0.25) is 9.59 Å². The minimum absolute atomic E-state index is 0.0703. The molecule has 0 spiro atoms. The molecule has 0 unspecified atom stereocenters. The maximum absolute atomic E-state index is 13.3. The molecule has 5 fully saturated rings. The molecule has 0 aromatic carbocycles. The molecule has 0 aromatic heterocycles. The Kier molecular flexibility index (Phi) is 4.46. The Morgan fingerprint density at radius 2 is 1.89 bits per heavy atom. The Morgan fingerprint density at radius 3 is 2.68 bits per heavy atom. The minimum atomic E-state index is -0.158. The zero-order chi connectivity index (χ0) is 19.5. The number of nitrogens with one attached hydrogen (secondary N) is 1. The van der Waals surface area contributed by atoms with E-state index in [1.807, 2.05) is 0 Å². The largest absolute Gasteiger partial charge is 0.391 e. The number of hydrogen-bond acceptors (Lipinski definition) is 5. The number of fused-ring (bicyclic) bond motifs is 5. The molecule has 5 rings (SSSR count). The highest BCUT2D eigenvalue weighted by Crippen LogP contribution is 2.64. The van der Waals surface area contributed by atoms with Crippen LogP contribution >= 0.6 is 0 Å². The molecule has 0 bridgehead atoms. The smallest absolute Gasteiger partial charge is 0.141 e. The molecule has 4 aliphatic carbocycles. The third-order valence-corrected chi connectivity index (χ3v) is 9.35. The van der Waals surface area contributed by atoms with E-state index >= 15 is 0 Å². The average molecular weight is 387 g/mol. The molecular weight excluding hydrogens is 352 g/mol. The molecule has 1 aliphatic heterocycles. The van der Waals surface area contributed by atoms with Crippen LogP contribution in [0.3, 0.4) is 0 Å². The molecule has 4 saturated carbocycles. The van der Waals surface area contributed by atoms with Gasteiger partial charge in [-0.2, -0.15) is 0 Å². The van der Waals surface area contributed by atoms with Gasteiger partial charge in [-0.15, -0.1) is 0 Å². The number of nitrogens with zero attached hydrogens (tertiary/aromatic N) is 1. The van der Waals surface area contributed by atoms with Gasteiger partial charge < -0.3 is 10.2 Å². The summed E-state index contributed by atoms with van der Waals surface area (Å²) < 4.78 is 0. The molecule has 5 heteroatoms. The Bertz CT molecular complexity index is 713.